The third-order valence-corrected chi connectivity index (χ3v) is 2.84. The predicted molar refractivity (Wildman–Crippen MR) is 79.9 cm³/mol. The molecule has 0 saturated heterocycles. The van der Waals surface area contributed by atoms with Crippen LogP contribution in [0.25, 0.3) is 0 Å². The minimum atomic E-state index is -0.449. The lowest BCUT2D eigenvalue weighted by molar-refractivity contribution is -0.384. The van der Waals surface area contributed by atoms with Crippen LogP contribution in [0.2, 0.25) is 0 Å². The highest BCUT2D eigenvalue weighted by atomic mass is 16.6. The standard InChI is InChI=1S/C15H16N2O4/c1-16-12-7-13(17(18)19)9-15(8-12)21-14-5-3-4-11(6-14)10-20-2/h3-9,16H,10H2,1-2H3. The van der Waals surface area contributed by atoms with E-state index in [0.29, 0.717) is 23.8 Å². The lowest BCUT2D eigenvalue weighted by Crippen LogP contribution is -1.95. The average molecular weight is 288 g/mol. The smallest absolute Gasteiger partial charge is 0.275 e. The molecule has 2 rings (SSSR count). The molecule has 2 aromatic carbocycles. The molecule has 0 aliphatic rings. The van der Waals surface area contributed by atoms with E-state index in [-0.39, 0.29) is 5.69 Å². The number of nitrogens with zero attached hydrogens (tertiary/aromatic N) is 1. The molecule has 0 aliphatic carbocycles. The second-order valence-electron chi connectivity index (χ2n) is 4.41. The van der Waals surface area contributed by atoms with Gasteiger partial charge in [-0.15, -0.1) is 0 Å². The first-order valence-corrected chi connectivity index (χ1v) is 6.35. The van der Waals surface area contributed by atoms with Gasteiger partial charge in [0.15, 0.2) is 0 Å². The first-order chi connectivity index (χ1) is 10.1. The highest BCUT2D eigenvalue weighted by molar-refractivity contribution is 5.56. The fourth-order valence-electron chi connectivity index (χ4n) is 1.89. The Balaban J connectivity index is 2.28. The molecular formula is C15H16N2O4. The highest BCUT2D eigenvalue weighted by Crippen LogP contribution is 2.29. The molecule has 0 amide bonds. The number of anilines is 1. The largest absolute Gasteiger partial charge is 0.457 e. The van der Waals surface area contributed by atoms with Gasteiger partial charge in [-0.05, 0) is 17.7 Å². The molecule has 0 aliphatic heterocycles. The molecule has 6 heteroatoms. The van der Waals surface area contributed by atoms with Gasteiger partial charge >= 0.3 is 0 Å². The maximum atomic E-state index is 10.9. The van der Waals surface area contributed by atoms with E-state index >= 15 is 0 Å². The number of hydrogen-bond donors (Lipinski definition) is 1. The van der Waals surface area contributed by atoms with Crippen molar-refractivity contribution >= 4 is 11.4 Å². The van der Waals surface area contributed by atoms with Gasteiger partial charge in [0.2, 0.25) is 0 Å². The van der Waals surface area contributed by atoms with E-state index in [2.05, 4.69) is 5.32 Å². The second-order valence-corrected chi connectivity index (χ2v) is 4.41. The molecule has 1 N–H and O–H groups in total. The first kappa shape index (κ1) is 14.8. The summed E-state index contributed by atoms with van der Waals surface area (Å²) in [5.41, 5.74) is 1.56. The van der Waals surface area contributed by atoms with E-state index in [4.69, 9.17) is 9.47 Å². The Labute approximate surface area is 122 Å². The van der Waals surface area contributed by atoms with Crippen LogP contribution >= 0.6 is 0 Å². The fourth-order valence-corrected chi connectivity index (χ4v) is 1.89. The molecule has 0 saturated carbocycles. The molecule has 0 aromatic heterocycles. The van der Waals surface area contributed by atoms with Gasteiger partial charge in [-0.2, -0.15) is 0 Å². The van der Waals surface area contributed by atoms with E-state index in [1.54, 1.807) is 26.3 Å². The van der Waals surface area contributed by atoms with Crippen LogP contribution < -0.4 is 10.1 Å². The van der Waals surface area contributed by atoms with Crippen LogP contribution in [0.3, 0.4) is 0 Å². The molecule has 6 nitrogen and oxygen atoms in total. The Bertz CT molecular complexity index is 643. The summed E-state index contributed by atoms with van der Waals surface area (Å²) in [7, 11) is 3.31. The van der Waals surface area contributed by atoms with Crippen LogP contribution in [0.4, 0.5) is 11.4 Å². The molecule has 0 bridgehead atoms. The van der Waals surface area contributed by atoms with Gasteiger partial charge in [0, 0.05) is 32.0 Å². The number of nitro groups is 1. The van der Waals surface area contributed by atoms with Crippen molar-refractivity contribution in [1.82, 2.24) is 0 Å². The third kappa shape index (κ3) is 3.93. The van der Waals surface area contributed by atoms with Crippen LogP contribution in [0.15, 0.2) is 42.5 Å². The number of ether oxygens (including phenoxy) is 2. The predicted octanol–water partition coefficient (Wildman–Crippen LogP) is 3.58. The van der Waals surface area contributed by atoms with Crippen LogP contribution in [0.5, 0.6) is 11.5 Å². The zero-order valence-electron chi connectivity index (χ0n) is 11.8. The van der Waals surface area contributed by atoms with Gasteiger partial charge in [-0.25, -0.2) is 0 Å². The SMILES string of the molecule is CNc1cc(Oc2cccc(COC)c2)cc([N+](=O)[O-])c1. The molecule has 110 valence electrons. The van der Waals surface area contributed by atoms with Crippen LogP contribution in [0.1, 0.15) is 5.56 Å². The number of non-ortho nitro benzene ring substituents is 1. The summed E-state index contributed by atoms with van der Waals surface area (Å²) in [4.78, 5) is 10.5. The summed E-state index contributed by atoms with van der Waals surface area (Å²) in [5, 5.41) is 13.8. The van der Waals surface area contributed by atoms with Crippen molar-refractivity contribution in [2.24, 2.45) is 0 Å². The molecule has 0 radical (unpaired) electrons. The summed E-state index contributed by atoms with van der Waals surface area (Å²) < 4.78 is 10.8. The van der Waals surface area contributed by atoms with Gasteiger partial charge in [0.05, 0.1) is 17.6 Å². The normalized spacial score (nSPS) is 10.2. The number of hydrogen-bond acceptors (Lipinski definition) is 5. The molecule has 21 heavy (non-hydrogen) atoms. The van der Waals surface area contributed by atoms with E-state index in [1.165, 1.54) is 12.1 Å². The molecule has 0 spiro atoms. The number of methoxy groups -OCH3 is 1. The summed E-state index contributed by atoms with van der Waals surface area (Å²) in [6, 6.07) is 11.9. The van der Waals surface area contributed by atoms with Crippen molar-refractivity contribution in [3.63, 3.8) is 0 Å². The zero-order valence-corrected chi connectivity index (χ0v) is 11.8. The molecule has 0 unspecified atom stereocenters. The number of rotatable bonds is 6. The van der Waals surface area contributed by atoms with E-state index in [9.17, 15) is 10.1 Å². The van der Waals surface area contributed by atoms with Gasteiger partial charge in [0.25, 0.3) is 5.69 Å². The minimum absolute atomic E-state index is 0.0232. The lowest BCUT2D eigenvalue weighted by Gasteiger charge is -2.09. The molecule has 0 fully saturated rings. The van der Waals surface area contributed by atoms with E-state index in [1.807, 2.05) is 18.2 Å². The lowest BCUT2D eigenvalue weighted by atomic mass is 10.2. The van der Waals surface area contributed by atoms with Gasteiger partial charge in [-0.1, -0.05) is 12.1 Å². The Morgan fingerprint density at radius 1 is 1.19 bits per heavy atom. The van der Waals surface area contributed by atoms with Crippen LogP contribution in [0, 0.1) is 10.1 Å². The van der Waals surface area contributed by atoms with Gasteiger partial charge in [-0.3, -0.25) is 10.1 Å². The summed E-state index contributed by atoms with van der Waals surface area (Å²) in [5.74, 6) is 1.01. The van der Waals surface area contributed by atoms with Crippen molar-refractivity contribution in [3.05, 3.63) is 58.1 Å². The number of benzene rings is 2. The Kier molecular flexibility index (Phi) is 4.73. The van der Waals surface area contributed by atoms with Gasteiger partial charge < -0.3 is 14.8 Å². The van der Waals surface area contributed by atoms with Gasteiger partial charge in [0.1, 0.15) is 11.5 Å². The summed E-state index contributed by atoms with van der Waals surface area (Å²) in [6.45, 7) is 0.480. The van der Waals surface area contributed by atoms with E-state index in [0.717, 1.165) is 5.56 Å². The zero-order chi connectivity index (χ0) is 15.2. The number of nitro benzene ring substituents is 1. The monoisotopic (exact) mass is 288 g/mol. The first-order valence-electron chi connectivity index (χ1n) is 6.35. The van der Waals surface area contributed by atoms with Crippen molar-refractivity contribution in [2.75, 3.05) is 19.5 Å². The van der Waals surface area contributed by atoms with Crippen molar-refractivity contribution in [2.45, 2.75) is 6.61 Å². The Morgan fingerprint density at radius 3 is 2.67 bits per heavy atom. The highest BCUT2D eigenvalue weighted by Gasteiger charge is 2.11. The Hall–Kier alpha value is -2.60. The van der Waals surface area contributed by atoms with Crippen molar-refractivity contribution in [3.8, 4) is 11.5 Å². The van der Waals surface area contributed by atoms with Crippen molar-refractivity contribution < 1.29 is 14.4 Å². The summed E-state index contributed by atoms with van der Waals surface area (Å²) in [6.07, 6.45) is 0. The maximum absolute atomic E-state index is 10.9. The number of nitrogens with one attached hydrogen (secondary N) is 1. The molecule has 2 aromatic rings. The molecule has 0 atom stereocenters. The third-order valence-electron chi connectivity index (χ3n) is 2.84. The topological polar surface area (TPSA) is 73.6 Å². The Morgan fingerprint density at radius 2 is 2.00 bits per heavy atom. The van der Waals surface area contributed by atoms with Crippen LogP contribution in [-0.4, -0.2) is 19.1 Å². The quantitative estimate of drug-likeness (QED) is 0.649. The summed E-state index contributed by atoms with van der Waals surface area (Å²) >= 11 is 0. The average Bonchev–Trinajstić information content (AvgIpc) is 2.47. The second kappa shape index (κ2) is 6.71. The maximum Gasteiger partial charge on any atom is 0.275 e. The minimum Gasteiger partial charge on any atom is -0.457 e. The van der Waals surface area contributed by atoms with Crippen molar-refractivity contribution in [1.29, 1.82) is 0 Å². The molecular weight excluding hydrogens is 272 g/mol. The van der Waals surface area contributed by atoms with Crippen LogP contribution in [-0.2, 0) is 11.3 Å². The molecule has 0 heterocycles. The fraction of sp³-hybridized carbons (Fsp3) is 0.200. The van der Waals surface area contributed by atoms with E-state index < -0.39 is 4.92 Å².